The number of methoxy groups -OCH3 is 1. The molecule has 2 aliphatic rings. The van der Waals surface area contributed by atoms with Gasteiger partial charge in [-0.1, -0.05) is 0 Å². The van der Waals surface area contributed by atoms with Crippen molar-refractivity contribution < 1.29 is 4.74 Å². The molecule has 2 fully saturated rings. The van der Waals surface area contributed by atoms with Crippen LogP contribution in [0.25, 0.3) is 0 Å². The highest BCUT2D eigenvalue weighted by Gasteiger charge is 2.41. The molecule has 68 valence electrons. The van der Waals surface area contributed by atoms with Gasteiger partial charge in [0.25, 0.3) is 0 Å². The fourth-order valence-corrected chi connectivity index (χ4v) is 2.47. The van der Waals surface area contributed by atoms with Crippen LogP contribution in [0.3, 0.4) is 0 Å². The number of nitrogens with one attached hydrogen (secondary N) is 1. The van der Waals surface area contributed by atoms with E-state index in [1.54, 1.807) is 7.11 Å². The molecule has 0 aromatic rings. The van der Waals surface area contributed by atoms with E-state index >= 15 is 0 Å². The summed E-state index contributed by atoms with van der Waals surface area (Å²) in [5.41, 5.74) is 2.16. The van der Waals surface area contributed by atoms with Crippen molar-refractivity contribution in [3.63, 3.8) is 0 Å². The Bertz CT molecular complexity index is 182. The van der Waals surface area contributed by atoms with Crippen molar-refractivity contribution in [2.45, 2.75) is 25.7 Å². The molecule has 0 amide bonds. The van der Waals surface area contributed by atoms with Gasteiger partial charge in [-0.15, -0.1) is 0 Å². The van der Waals surface area contributed by atoms with E-state index in [0.717, 1.165) is 0 Å². The van der Waals surface area contributed by atoms with E-state index in [1.807, 2.05) is 6.26 Å². The molecule has 1 saturated heterocycles. The number of rotatable bonds is 1. The van der Waals surface area contributed by atoms with Gasteiger partial charge >= 0.3 is 0 Å². The lowest BCUT2D eigenvalue weighted by atomic mass is 9.61. The van der Waals surface area contributed by atoms with Crippen molar-refractivity contribution in [1.82, 2.24) is 5.32 Å². The molecule has 12 heavy (non-hydrogen) atoms. The zero-order valence-corrected chi connectivity index (χ0v) is 7.73. The Morgan fingerprint density at radius 1 is 1.33 bits per heavy atom. The number of allylic oxidation sites excluding steroid dienone is 1. The van der Waals surface area contributed by atoms with Crippen molar-refractivity contribution >= 4 is 0 Å². The molecule has 0 aromatic heterocycles. The molecule has 0 atom stereocenters. The van der Waals surface area contributed by atoms with Gasteiger partial charge < -0.3 is 10.1 Å². The second-order valence-corrected chi connectivity index (χ2v) is 4.12. The van der Waals surface area contributed by atoms with Gasteiger partial charge in [0.05, 0.1) is 13.4 Å². The van der Waals surface area contributed by atoms with E-state index in [9.17, 15) is 0 Å². The molecule has 1 aliphatic carbocycles. The first-order valence-electron chi connectivity index (χ1n) is 4.76. The van der Waals surface area contributed by atoms with Crippen LogP contribution in [0.1, 0.15) is 25.7 Å². The van der Waals surface area contributed by atoms with E-state index in [4.69, 9.17) is 4.74 Å². The summed E-state index contributed by atoms with van der Waals surface area (Å²) >= 11 is 0. The summed E-state index contributed by atoms with van der Waals surface area (Å²) in [4.78, 5) is 0. The first kappa shape index (κ1) is 8.11. The largest absolute Gasteiger partial charge is 0.504 e. The van der Waals surface area contributed by atoms with E-state index in [1.165, 1.54) is 44.3 Å². The van der Waals surface area contributed by atoms with Gasteiger partial charge in [-0.25, -0.2) is 0 Å². The summed E-state index contributed by atoms with van der Waals surface area (Å²) in [7, 11) is 1.74. The van der Waals surface area contributed by atoms with Gasteiger partial charge in [0.1, 0.15) is 0 Å². The lowest BCUT2D eigenvalue weighted by Crippen LogP contribution is -2.42. The number of hydrogen-bond donors (Lipinski definition) is 1. The Hall–Kier alpha value is -0.500. The van der Waals surface area contributed by atoms with Crippen LogP contribution in [-0.2, 0) is 4.74 Å². The van der Waals surface area contributed by atoms with Crippen molar-refractivity contribution in [2.24, 2.45) is 5.41 Å². The quantitative estimate of drug-likeness (QED) is 0.600. The Labute approximate surface area is 74.0 Å². The summed E-state index contributed by atoms with van der Waals surface area (Å²) in [6, 6.07) is 0. The molecule has 1 saturated carbocycles. The van der Waals surface area contributed by atoms with Crippen LogP contribution in [0.15, 0.2) is 11.8 Å². The summed E-state index contributed by atoms with van der Waals surface area (Å²) in [5, 5.41) is 3.40. The van der Waals surface area contributed by atoms with Crippen molar-refractivity contribution in [2.75, 3.05) is 20.2 Å². The van der Waals surface area contributed by atoms with Crippen LogP contribution in [0.2, 0.25) is 0 Å². The maximum absolute atomic E-state index is 5.00. The van der Waals surface area contributed by atoms with Gasteiger partial charge in [-0.05, 0) is 49.8 Å². The van der Waals surface area contributed by atoms with E-state index in [0.29, 0.717) is 5.41 Å². The fourth-order valence-electron chi connectivity index (χ4n) is 2.47. The minimum absolute atomic E-state index is 0.662. The van der Waals surface area contributed by atoms with Crippen molar-refractivity contribution in [1.29, 1.82) is 0 Å². The number of ether oxygens (including phenoxy) is 1. The molecule has 0 unspecified atom stereocenters. The average molecular weight is 167 g/mol. The Morgan fingerprint density at radius 3 is 2.58 bits per heavy atom. The lowest BCUT2D eigenvalue weighted by Gasteiger charge is -2.46. The lowest BCUT2D eigenvalue weighted by molar-refractivity contribution is 0.135. The normalized spacial score (nSPS) is 26.6. The Morgan fingerprint density at radius 2 is 2.00 bits per heavy atom. The third kappa shape index (κ3) is 1.36. The minimum Gasteiger partial charge on any atom is -0.504 e. The average Bonchev–Trinajstić information content (AvgIpc) is 2.04. The zero-order valence-electron chi connectivity index (χ0n) is 7.73. The topological polar surface area (TPSA) is 21.3 Å². The van der Waals surface area contributed by atoms with Crippen LogP contribution in [0.5, 0.6) is 0 Å². The molecule has 2 nitrogen and oxygen atoms in total. The molecular weight excluding hydrogens is 150 g/mol. The van der Waals surface area contributed by atoms with Gasteiger partial charge in [0.15, 0.2) is 0 Å². The highest BCUT2D eigenvalue weighted by Crippen LogP contribution is 2.51. The smallest absolute Gasteiger partial charge is 0.0816 e. The highest BCUT2D eigenvalue weighted by atomic mass is 16.5. The van der Waals surface area contributed by atoms with Gasteiger partial charge in [0, 0.05) is 0 Å². The maximum Gasteiger partial charge on any atom is 0.0816 e. The molecule has 0 aromatic carbocycles. The predicted molar refractivity (Wildman–Crippen MR) is 48.9 cm³/mol. The third-order valence-corrected chi connectivity index (χ3v) is 3.15. The van der Waals surface area contributed by atoms with E-state index < -0.39 is 0 Å². The van der Waals surface area contributed by atoms with E-state index in [2.05, 4.69) is 5.32 Å². The highest BCUT2D eigenvalue weighted by molar-refractivity contribution is 5.17. The second kappa shape index (κ2) is 3.09. The Balaban J connectivity index is 1.88. The second-order valence-electron chi connectivity index (χ2n) is 4.12. The first-order chi connectivity index (χ1) is 5.85. The minimum atomic E-state index is 0.662. The summed E-state index contributed by atoms with van der Waals surface area (Å²) < 4.78 is 5.00. The van der Waals surface area contributed by atoms with Crippen LogP contribution in [-0.4, -0.2) is 20.2 Å². The van der Waals surface area contributed by atoms with Crippen molar-refractivity contribution in [3.05, 3.63) is 11.8 Å². The summed E-state index contributed by atoms with van der Waals surface area (Å²) in [5.74, 6) is 0. The molecule has 0 radical (unpaired) electrons. The van der Waals surface area contributed by atoms with Gasteiger partial charge in [-0.2, -0.15) is 0 Å². The number of piperidine rings is 1. The van der Waals surface area contributed by atoms with Crippen LogP contribution in [0.4, 0.5) is 0 Å². The van der Waals surface area contributed by atoms with Gasteiger partial charge in [0.2, 0.25) is 0 Å². The molecule has 1 N–H and O–H groups in total. The summed E-state index contributed by atoms with van der Waals surface area (Å²) in [6.07, 6.45) is 7.19. The number of hydrogen-bond acceptors (Lipinski definition) is 2. The molecule has 1 heterocycles. The fraction of sp³-hybridized carbons (Fsp3) is 0.800. The molecular formula is C10H17NO. The molecule has 2 rings (SSSR count). The monoisotopic (exact) mass is 167 g/mol. The molecule has 0 bridgehead atoms. The molecule has 1 aliphatic heterocycles. The van der Waals surface area contributed by atoms with Crippen molar-refractivity contribution in [3.8, 4) is 0 Å². The molecule has 2 heteroatoms. The Kier molecular flexibility index (Phi) is 2.09. The van der Waals surface area contributed by atoms with E-state index in [-0.39, 0.29) is 0 Å². The van der Waals surface area contributed by atoms with Crippen LogP contribution < -0.4 is 5.32 Å². The first-order valence-corrected chi connectivity index (χ1v) is 4.76. The predicted octanol–water partition coefficient (Wildman–Crippen LogP) is 1.68. The molecule has 1 spiro atoms. The third-order valence-electron chi connectivity index (χ3n) is 3.15. The zero-order chi connectivity index (χ0) is 8.44. The SMILES string of the molecule is COC=C1CC2(CCNCC2)C1. The maximum atomic E-state index is 5.00. The van der Waals surface area contributed by atoms with Gasteiger partial charge in [-0.3, -0.25) is 0 Å². The summed E-state index contributed by atoms with van der Waals surface area (Å²) in [6.45, 7) is 2.42. The standard InChI is InChI=1S/C10H17NO/c1-12-8-9-6-10(7-9)2-4-11-5-3-10/h8,11H,2-7H2,1H3. The van der Waals surface area contributed by atoms with Crippen LogP contribution >= 0.6 is 0 Å². The van der Waals surface area contributed by atoms with Crippen LogP contribution in [0, 0.1) is 5.41 Å².